The minimum atomic E-state index is -1.02. The van der Waals surface area contributed by atoms with Crippen LogP contribution in [0.1, 0.15) is 77.0 Å². The van der Waals surface area contributed by atoms with E-state index >= 15 is 0 Å². The number of hydrogen-bond acceptors (Lipinski definition) is 6. The summed E-state index contributed by atoms with van der Waals surface area (Å²) in [5.41, 5.74) is -1.87. The molecule has 0 saturated heterocycles. The molecule has 0 rings (SSSR count). The van der Waals surface area contributed by atoms with Crippen LogP contribution in [0.4, 0.5) is 0 Å². The van der Waals surface area contributed by atoms with E-state index < -0.39 is 22.8 Å². The van der Waals surface area contributed by atoms with Gasteiger partial charge in [0.2, 0.25) is 0 Å². The molecule has 0 saturated carbocycles. The first-order chi connectivity index (χ1) is 13.3. The Hall–Kier alpha value is -1.22. The minimum Gasteiger partial charge on any atom is -0.481 e. The van der Waals surface area contributed by atoms with E-state index in [0.717, 1.165) is 51.4 Å². The van der Waals surface area contributed by atoms with Crippen LogP contribution in [0.3, 0.4) is 0 Å². The smallest absolute Gasteiger partial charge is 0.304 e. The third kappa shape index (κ3) is 10.9. The third-order valence-electron chi connectivity index (χ3n) is 5.56. The molecule has 0 heterocycles. The van der Waals surface area contributed by atoms with Gasteiger partial charge in [-0.1, -0.05) is 51.4 Å². The second-order valence-electron chi connectivity index (χ2n) is 8.10. The molecule has 0 aliphatic heterocycles. The van der Waals surface area contributed by atoms with Gasteiger partial charge in [-0.15, -0.1) is 0 Å². The number of carbonyl (C=O) groups is 2. The van der Waals surface area contributed by atoms with E-state index in [0.29, 0.717) is 12.8 Å². The first-order valence-electron chi connectivity index (χ1n) is 10.2. The Kier molecular flexibility index (Phi) is 14.1. The lowest BCUT2D eigenvalue weighted by Crippen LogP contribution is -2.32. The van der Waals surface area contributed by atoms with Gasteiger partial charge in [-0.05, 0) is 12.8 Å². The standard InChI is InChI=1S/C20H38O8/c21-13-19(14-22,11-17(25)26)9-7-5-3-1-2-4-6-8-10-20(15-23,16-24)12-18(27)28/h21-24H,1-16H2,(H,25,26)(H,27,28). The number of rotatable bonds is 19. The van der Waals surface area contributed by atoms with Crippen molar-refractivity contribution in [3.8, 4) is 0 Å². The first kappa shape index (κ1) is 26.8. The summed E-state index contributed by atoms with van der Waals surface area (Å²) in [6.45, 7) is -1.33. The normalized spacial score (nSPS) is 12.3. The molecule has 0 atom stereocenters. The lowest BCUT2D eigenvalue weighted by atomic mass is 9.80. The van der Waals surface area contributed by atoms with Gasteiger partial charge >= 0.3 is 11.9 Å². The highest BCUT2D eigenvalue weighted by molar-refractivity contribution is 5.68. The SMILES string of the molecule is O=C(O)CC(CO)(CO)CCCCCCCCCCC(CO)(CO)CC(=O)O. The second kappa shape index (κ2) is 14.7. The van der Waals surface area contributed by atoms with Crippen LogP contribution in [0.25, 0.3) is 0 Å². The van der Waals surface area contributed by atoms with Crippen molar-refractivity contribution < 1.29 is 40.2 Å². The molecule has 8 heteroatoms. The van der Waals surface area contributed by atoms with Gasteiger partial charge in [-0.2, -0.15) is 0 Å². The summed E-state index contributed by atoms with van der Waals surface area (Å²) in [5, 5.41) is 55.4. The van der Waals surface area contributed by atoms with Crippen LogP contribution in [0.15, 0.2) is 0 Å². The molecule has 166 valence electrons. The van der Waals surface area contributed by atoms with Gasteiger partial charge in [0.15, 0.2) is 0 Å². The molecule has 0 aliphatic rings. The molecule has 0 aromatic rings. The average molecular weight is 407 g/mol. The molecule has 0 bridgehead atoms. The van der Waals surface area contributed by atoms with Crippen molar-refractivity contribution in [2.24, 2.45) is 10.8 Å². The summed E-state index contributed by atoms with van der Waals surface area (Å²) < 4.78 is 0. The molecular weight excluding hydrogens is 368 g/mol. The fourth-order valence-corrected chi connectivity index (χ4v) is 3.52. The fraction of sp³-hybridized carbons (Fsp3) is 0.900. The Morgan fingerprint density at radius 2 is 0.750 bits per heavy atom. The van der Waals surface area contributed by atoms with Crippen molar-refractivity contribution in [2.45, 2.75) is 77.0 Å². The number of aliphatic carboxylic acids is 2. The van der Waals surface area contributed by atoms with Gasteiger partial charge in [-0.25, -0.2) is 0 Å². The Balaban J connectivity index is 3.87. The summed E-state index contributed by atoms with van der Waals surface area (Å²) in [7, 11) is 0. The van der Waals surface area contributed by atoms with Gasteiger partial charge in [0.05, 0.1) is 39.3 Å². The van der Waals surface area contributed by atoms with Gasteiger partial charge in [0.1, 0.15) is 0 Å². The fourth-order valence-electron chi connectivity index (χ4n) is 3.52. The maximum absolute atomic E-state index is 10.9. The quantitative estimate of drug-likeness (QED) is 0.177. The minimum absolute atomic E-state index is 0.231. The van der Waals surface area contributed by atoms with Crippen LogP contribution in [0, 0.1) is 10.8 Å². The summed E-state index contributed by atoms with van der Waals surface area (Å²) in [6.07, 6.45) is 7.92. The highest BCUT2D eigenvalue weighted by atomic mass is 16.4. The zero-order valence-corrected chi connectivity index (χ0v) is 16.8. The first-order valence-corrected chi connectivity index (χ1v) is 10.2. The molecule has 0 spiro atoms. The Morgan fingerprint density at radius 3 is 0.964 bits per heavy atom. The van der Waals surface area contributed by atoms with Crippen molar-refractivity contribution in [3.05, 3.63) is 0 Å². The molecule has 28 heavy (non-hydrogen) atoms. The molecule has 0 amide bonds. The predicted octanol–water partition coefficient (Wildman–Crippen LogP) is 1.78. The largest absolute Gasteiger partial charge is 0.481 e. The molecule has 0 unspecified atom stereocenters. The monoisotopic (exact) mass is 406 g/mol. The Bertz CT molecular complexity index is 390. The molecular formula is C20H38O8. The van der Waals surface area contributed by atoms with Crippen LogP contribution < -0.4 is 0 Å². The Morgan fingerprint density at radius 1 is 0.500 bits per heavy atom. The third-order valence-corrected chi connectivity index (χ3v) is 5.56. The summed E-state index contributed by atoms with van der Waals surface area (Å²) >= 11 is 0. The number of carboxylic acids is 2. The van der Waals surface area contributed by atoms with Gasteiger partial charge < -0.3 is 30.6 Å². The Labute approximate surface area is 167 Å². The molecule has 6 N–H and O–H groups in total. The van der Waals surface area contributed by atoms with E-state index in [9.17, 15) is 30.0 Å². The van der Waals surface area contributed by atoms with E-state index in [2.05, 4.69) is 0 Å². The zero-order valence-electron chi connectivity index (χ0n) is 16.8. The second-order valence-corrected chi connectivity index (χ2v) is 8.10. The van der Waals surface area contributed by atoms with Crippen molar-refractivity contribution >= 4 is 11.9 Å². The van der Waals surface area contributed by atoms with Crippen molar-refractivity contribution in [1.29, 1.82) is 0 Å². The van der Waals surface area contributed by atoms with E-state index in [1.807, 2.05) is 0 Å². The van der Waals surface area contributed by atoms with Crippen molar-refractivity contribution in [1.82, 2.24) is 0 Å². The maximum atomic E-state index is 10.9. The molecule has 0 aromatic carbocycles. The zero-order chi connectivity index (χ0) is 21.5. The van der Waals surface area contributed by atoms with E-state index in [4.69, 9.17) is 10.2 Å². The van der Waals surface area contributed by atoms with Gasteiger partial charge in [0.25, 0.3) is 0 Å². The van der Waals surface area contributed by atoms with Crippen LogP contribution in [-0.2, 0) is 9.59 Å². The van der Waals surface area contributed by atoms with Crippen LogP contribution >= 0.6 is 0 Å². The topological polar surface area (TPSA) is 156 Å². The number of aliphatic hydroxyl groups excluding tert-OH is 4. The van der Waals surface area contributed by atoms with E-state index in [1.165, 1.54) is 0 Å². The number of unbranched alkanes of at least 4 members (excludes halogenated alkanes) is 7. The number of hydrogen-bond donors (Lipinski definition) is 6. The number of carboxylic acid groups (broad SMARTS) is 2. The van der Waals surface area contributed by atoms with Gasteiger partial charge in [-0.3, -0.25) is 9.59 Å². The summed E-state index contributed by atoms with van der Waals surface area (Å²) in [5.74, 6) is -2.03. The van der Waals surface area contributed by atoms with E-state index in [1.54, 1.807) is 0 Å². The highest BCUT2D eigenvalue weighted by Crippen LogP contribution is 2.30. The lowest BCUT2D eigenvalue weighted by Gasteiger charge is -2.28. The average Bonchev–Trinajstić information content (AvgIpc) is 2.66. The highest BCUT2D eigenvalue weighted by Gasteiger charge is 2.32. The van der Waals surface area contributed by atoms with Crippen molar-refractivity contribution in [2.75, 3.05) is 26.4 Å². The predicted molar refractivity (Wildman–Crippen MR) is 104 cm³/mol. The summed E-state index contributed by atoms with van der Waals surface area (Å²) in [4.78, 5) is 21.7. The molecule has 8 nitrogen and oxygen atoms in total. The molecule has 0 aromatic heterocycles. The number of aliphatic hydroxyl groups is 4. The van der Waals surface area contributed by atoms with Crippen LogP contribution in [0.5, 0.6) is 0 Å². The van der Waals surface area contributed by atoms with Gasteiger partial charge in [0, 0.05) is 10.8 Å². The van der Waals surface area contributed by atoms with E-state index in [-0.39, 0.29) is 39.3 Å². The molecule has 0 radical (unpaired) electrons. The van der Waals surface area contributed by atoms with Crippen LogP contribution in [0.2, 0.25) is 0 Å². The lowest BCUT2D eigenvalue weighted by molar-refractivity contribution is -0.142. The molecule has 0 fully saturated rings. The maximum Gasteiger partial charge on any atom is 0.304 e. The van der Waals surface area contributed by atoms with Crippen molar-refractivity contribution in [3.63, 3.8) is 0 Å². The van der Waals surface area contributed by atoms with Crippen LogP contribution in [-0.4, -0.2) is 69.0 Å². The summed E-state index contributed by atoms with van der Waals surface area (Å²) in [6, 6.07) is 0. The molecule has 0 aliphatic carbocycles.